The highest BCUT2D eigenvalue weighted by Gasteiger charge is 2.09. The van der Waals surface area contributed by atoms with Crippen LogP contribution in [-0.4, -0.2) is 23.7 Å². The molecule has 0 atom stereocenters. The van der Waals surface area contributed by atoms with Crippen molar-refractivity contribution in [2.24, 2.45) is 5.10 Å². The molecule has 26 heavy (non-hydrogen) atoms. The minimum atomic E-state index is -0.475. The summed E-state index contributed by atoms with van der Waals surface area (Å²) in [6, 6.07) is 14.3. The van der Waals surface area contributed by atoms with E-state index >= 15 is 0 Å². The molecule has 7 nitrogen and oxygen atoms in total. The number of hydrazone groups is 1. The topological polar surface area (TPSA) is 93.8 Å². The number of benzene rings is 2. The van der Waals surface area contributed by atoms with Crippen molar-refractivity contribution in [3.8, 4) is 5.75 Å². The smallest absolute Gasteiger partial charge is 0.324 e. The van der Waals surface area contributed by atoms with Crippen LogP contribution >= 0.6 is 27.3 Å². The molecule has 0 fully saturated rings. The molecule has 0 aliphatic heterocycles. The Balaban J connectivity index is 1.58. The summed E-state index contributed by atoms with van der Waals surface area (Å²) in [6.07, 6.45) is 1.35. The summed E-state index contributed by atoms with van der Waals surface area (Å²) in [7, 11) is 0. The van der Waals surface area contributed by atoms with Gasteiger partial charge in [-0.2, -0.15) is 5.10 Å². The van der Waals surface area contributed by atoms with Gasteiger partial charge in [-0.1, -0.05) is 51.5 Å². The summed E-state index contributed by atoms with van der Waals surface area (Å²) in [6.45, 7) is -0.201. The molecule has 2 aromatic carbocycles. The summed E-state index contributed by atoms with van der Waals surface area (Å²) in [5, 5.41) is 16.3. The second-order valence-electron chi connectivity index (χ2n) is 5.11. The lowest BCUT2D eigenvalue weighted by Crippen LogP contribution is -2.24. The number of nitro groups is 1. The standard InChI is InChI=1S/C17H12BrN3O4S/c18-14-6-7-15(13-4-2-1-3-12(13)14)25-10-16(22)20-19-9-11-5-8-17(26-11)21(23)24/h1-9H,10H2,(H,20,22)/b19-9+. The summed E-state index contributed by atoms with van der Waals surface area (Å²) >= 11 is 4.45. The van der Waals surface area contributed by atoms with Gasteiger partial charge in [0.2, 0.25) is 0 Å². The molecular formula is C17H12BrN3O4S. The number of carbonyl (C=O) groups excluding carboxylic acids is 1. The van der Waals surface area contributed by atoms with E-state index in [-0.39, 0.29) is 11.6 Å². The lowest BCUT2D eigenvalue weighted by atomic mass is 10.1. The number of rotatable bonds is 6. The zero-order valence-electron chi connectivity index (χ0n) is 13.2. The van der Waals surface area contributed by atoms with E-state index in [0.29, 0.717) is 10.6 Å². The maximum atomic E-state index is 11.9. The molecule has 0 aliphatic rings. The van der Waals surface area contributed by atoms with Crippen LogP contribution in [0.5, 0.6) is 5.75 Å². The van der Waals surface area contributed by atoms with Crippen molar-refractivity contribution in [3.05, 3.63) is 68.0 Å². The number of halogens is 1. The summed E-state index contributed by atoms with van der Waals surface area (Å²) in [4.78, 5) is 22.6. The molecule has 0 bridgehead atoms. The lowest BCUT2D eigenvalue weighted by Gasteiger charge is -2.09. The Morgan fingerprint density at radius 2 is 2.00 bits per heavy atom. The number of carbonyl (C=O) groups is 1. The molecule has 0 aliphatic carbocycles. The molecule has 1 heterocycles. The number of hydrogen-bond donors (Lipinski definition) is 1. The Morgan fingerprint density at radius 1 is 1.23 bits per heavy atom. The Labute approximate surface area is 160 Å². The van der Waals surface area contributed by atoms with Gasteiger partial charge in [-0.15, -0.1) is 0 Å². The van der Waals surface area contributed by atoms with E-state index in [1.165, 1.54) is 12.3 Å². The predicted octanol–water partition coefficient (Wildman–Crippen LogP) is 4.10. The molecular weight excluding hydrogens is 422 g/mol. The van der Waals surface area contributed by atoms with Crippen LogP contribution in [-0.2, 0) is 4.79 Å². The molecule has 3 aromatic rings. The van der Waals surface area contributed by atoms with Crippen molar-refractivity contribution in [3.63, 3.8) is 0 Å². The van der Waals surface area contributed by atoms with Crippen molar-refractivity contribution in [1.82, 2.24) is 5.43 Å². The van der Waals surface area contributed by atoms with Crippen molar-refractivity contribution >= 4 is 55.2 Å². The number of nitrogens with zero attached hydrogens (tertiary/aromatic N) is 2. The molecule has 1 N–H and O–H groups in total. The van der Waals surface area contributed by atoms with Gasteiger partial charge in [0.15, 0.2) is 6.61 Å². The van der Waals surface area contributed by atoms with E-state index < -0.39 is 10.8 Å². The summed E-state index contributed by atoms with van der Waals surface area (Å²) < 4.78 is 6.52. The summed E-state index contributed by atoms with van der Waals surface area (Å²) in [5.74, 6) is 0.163. The summed E-state index contributed by atoms with van der Waals surface area (Å²) in [5.41, 5.74) is 2.33. The van der Waals surface area contributed by atoms with Crippen molar-refractivity contribution in [1.29, 1.82) is 0 Å². The minimum Gasteiger partial charge on any atom is -0.483 e. The quantitative estimate of drug-likeness (QED) is 0.359. The first-order valence-corrected chi connectivity index (χ1v) is 9.02. The van der Waals surface area contributed by atoms with E-state index in [1.807, 2.05) is 30.3 Å². The molecule has 1 amide bonds. The third-order valence-electron chi connectivity index (χ3n) is 3.36. The number of thiophene rings is 1. The third kappa shape index (κ3) is 4.24. The molecule has 0 radical (unpaired) electrons. The van der Waals surface area contributed by atoms with Crippen LogP contribution in [0, 0.1) is 10.1 Å². The normalized spacial score (nSPS) is 11.0. The average Bonchev–Trinajstić information content (AvgIpc) is 3.11. The van der Waals surface area contributed by atoms with Gasteiger partial charge >= 0.3 is 5.00 Å². The maximum Gasteiger partial charge on any atom is 0.324 e. The van der Waals surface area contributed by atoms with Gasteiger partial charge in [-0.05, 0) is 23.6 Å². The Hall–Kier alpha value is -2.78. The first-order chi connectivity index (χ1) is 12.5. The zero-order chi connectivity index (χ0) is 18.5. The number of amides is 1. The van der Waals surface area contributed by atoms with Crippen LogP contribution < -0.4 is 10.2 Å². The lowest BCUT2D eigenvalue weighted by molar-refractivity contribution is -0.380. The van der Waals surface area contributed by atoms with E-state index in [0.717, 1.165) is 26.6 Å². The fraction of sp³-hybridized carbons (Fsp3) is 0.0588. The highest BCUT2D eigenvalue weighted by molar-refractivity contribution is 9.10. The van der Waals surface area contributed by atoms with E-state index in [9.17, 15) is 14.9 Å². The molecule has 3 rings (SSSR count). The Morgan fingerprint density at radius 3 is 2.73 bits per heavy atom. The maximum absolute atomic E-state index is 11.9. The van der Waals surface area contributed by atoms with Crippen LogP contribution in [0.15, 0.2) is 58.1 Å². The van der Waals surface area contributed by atoms with Gasteiger partial charge in [0.25, 0.3) is 5.91 Å². The molecule has 1 aromatic heterocycles. The average molecular weight is 434 g/mol. The second-order valence-corrected chi connectivity index (χ2v) is 7.05. The Bertz CT molecular complexity index is 1000. The Kier molecular flexibility index (Phi) is 5.59. The van der Waals surface area contributed by atoms with Gasteiger partial charge in [0, 0.05) is 15.9 Å². The largest absolute Gasteiger partial charge is 0.483 e. The van der Waals surface area contributed by atoms with Crippen molar-refractivity contribution < 1.29 is 14.5 Å². The second kappa shape index (κ2) is 8.07. The van der Waals surface area contributed by atoms with Crippen molar-refractivity contribution in [2.45, 2.75) is 0 Å². The highest BCUT2D eigenvalue weighted by atomic mass is 79.9. The monoisotopic (exact) mass is 433 g/mol. The van der Waals surface area contributed by atoms with E-state index in [2.05, 4.69) is 26.5 Å². The fourth-order valence-corrected chi connectivity index (χ4v) is 3.39. The molecule has 0 saturated carbocycles. The molecule has 9 heteroatoms. The third-order valence-corrected chi connectivity index (χ3v) is 5.03. The van der Waals surface area contributed by atoms with Gasteiger partial charge in [-0.3, -0.25) is 14.9 Å². The first-order valence-electron chi connectivity index (χ1n) is 7.41. The number of fused-ring (bicyclic) bond motifs is 1. The number of nitrogens with one attached hydrogen (secondary N) is 1. The zero-order valence-corrected chi connectivity index (χ0v) is 15.6. The minimum absolute atomic E-state index is 0.0169. The SMILES string of the molecule is O=C(COc1ccc(Br)c2ccccc12)N/N=C/c1ccc([N+](=O)[O-])s1. The molecule has 0 saturated heterocycles. The molecule has 132 valence electrons. The van der Waals surface area contributed by atoms with Crippen LogP contribution in [0.3, 0.4) is 0 Å². The van der Waals surface area contributed by atoms with Gasteiger partial charge in [0.1, 0.15) is 5.75 Å². The fourth-order valence-electron chi connectivity index (χ4n) is 2.21. The first kappa shape index (κ1) is 18.0. The van der Waals surface area contributed by atoms with Gasteiger partial charge < -0.3 is 4.74 Å². The van der Waals surface area contributed by atoms with Gasteiger partial charge in [-0.25, -0.2) is 5.43 Å². The van der Waals surface area contributed by atoms with Crippen molar-refractivity contribution in [2.75, 3.05) is 6.61 Å². The van der Waals surface area contributed by atoms with Crippen LogP contribution in [0.1, 0.15) is 4.88 Å². The highest BCUT2D eigenvalue weighted by Crippen LogP contribution is 2.31. The van der Waals surface area contributed by atoms with Crippen LogP contribution in [0.2, 0.25) is 0 Å². The number of ether oxygens (including phenoxy) is 1. The van der Waals surface area contributed by atoms with Crippen LogP contribution in [0.25, 0.3) is 10.8 Å². The van der Waals surface area contributed by atoms with E-state index in [4.69, 9.17) is 4.74 Å². The predicted molar refractivity (Wildman–Crippen MR) is 104 cm³/mol. The van der Waals surface area contributed by atoms with E-state index in [1.54, 1.807) is 12.1 Å². The molecule has 0 spiro atoms. The molecule has 0 unspecified atom stereocenters. The van der Waals surface area contributed by atoms with Gasteiger partial charge in [0.05, 0.1) is 16.0 Å². The van der Waals surface area contributed by atoms with Crippen LogP contribution in [0.4, 0.5) is 5.00 Å². The number of hydrogen-bond acceptors (Lipinski definition) is 6.